The van der Waals surface area contributed by atoms with Crippen LogP contribution in [0.3, 0.4) is 0 Å². The molecule has 0 unspecified atom stereocenters. The van der Waals surface area contributed by atoms with Gasteiger partial charge in [-0.3, -0.25) is 9.59 Å². The number of carbonyl (C=O) groups excluding carboxylic acids is 2. The molecule has 1 saturated carbocycles. The van der Waals surface area contributed by atoms with Gasteiger partial charge < -0.3 is 5.32 Å². The third-order valence-corrected chi connectivity index (χ3v) is 5.90. The van der Waals surface area contributed by atoms with Gasteiger partial charge in [-0.1, -0.05) is 42.8 Å². The van der Waals surface area contributed by atoms with Crippen LogP contribution in [0.5, 0.6) is 0 Å². The van der Waals surface area contributed by atoms with Crippen LogP contribution in [0.15, 0.2) is 59.8 Å². The second-order valence-corrected chi connectivity index (χ2v) is 7.90. The quantitative estimate of drug-likeness (QED) is 0.470. The van der Waals surface area contributed by atoms with Gasteiger partial charge in [-0.05, 0) is 59.7 Å². The lowest BCUT2D eigenvalue weighted by molar-refractivity contribution is 0.101. The number of hydrogen-bond donors (Lipinski definition) is 1. The SMILES string of the molecule is O=C(CSc1nnnn1C1CCCC1)c1ccc(NC(=O)c2ccccc2)cc1. The summed E-state index contributed by atoms with van der Waals surface area (Å²) in [7, 11) is 0. The molecule has 2 aromatic carbocycles. The zero-order chi connectivity index (χ0) is 20.1. The maximum Gasteiger partial charge on any atom is 0.255 e. The van der Waals surface area contributed by atoms with E-state index in [1.54, 1.807) is 36.4 Å². The van der Waals surface area contributed by atoms with Crippen molar-refractivity contribution in [2.45, 2.75) is 36.9 Å². The van der Waals surface area contributed by atoms with E-state index in [9.17, 15) is 9.59 Å². The van der Waals surface area contributed by atoms with E-state index in [4.69, 9.17) is 0 Å². The summed E-state index contributed by atoms with van der Waals surface area (Å²) in [6, 6.07) is 16.3. The fourth-order valence-electron chi connectivity index (χ4n) is 3.40. The number of nitrogens with one attached hydrogen (secondary N) is 1. The highest BCUT2D eigenvalue weighted by Gasteiger charge is 2.22. The van der Waals surface area contributed by atoms with Crippen LogP contribution in [0.2, 0.25) is 0 Å². The Balaban J connectivity index is 1.34. The van der Waals surface area contributed by atoms with Gasteiger partial charge in [-0.25, -0.2) is 4.68 Å². The third-order valence-electron chi connectivity index (χ3n) is 4.97. The van der Waals surface area contributed by atoms with Gasteiger partial charge in [-0.15, -0.1) is 5.10 Å². The Bertz CT molecular complexity index is 982. The largest absolute Gasteiger partial charge is 0.322 e. The summed E-state index contributed by atoms with van der Waals surface area (Å²) < 4.78 is 1.85. The molecule has 1 fully saturated rings. The summed E-state index contributed by atoms with van der Waals surface area (Å²) in [5.74, 6) is 0.0823. The Morgan fingerprint density at radius 1 is 1.00 bits per heavy atom. The van der Waals surface area contributed by atoms with E-state index in [-0.39, 0.29) is 17.4 Å². The minimum atomic E-state index is -0.181. The molecule has 0 atom stereocenters. The number of tetrazole rings is 1. The number of Topliss-reactive ketones (excluding diaryl/α,β-unsaturated/α-hetero) is 1. The van der Waals surface area contributed by atoms with Crippen molar-refractivity contribution >= 4 is 29.1 Å². The lowest BCUT2D eigenvalue weighted by atomic mass is 10.1. The van der Waals surface area contributed by atoms with E-state index in [0.29, 0.717) is 28.0 Å². The van der Waals surface area contributed by atoms with Crippen molar-refractivity contribution in [3.63, 3.8) is 0 Å². The van der Waals surface area contributed by atoms with Crippen LogP contribution in [-0.4, -0.2) is 37.7 Å². The van der Waals surface area contributed by atoms with Gasteiger partial charge in [0, 0.05) is 16.8 Å². The molecule has 0 radical (unpaired) electrons. The number of rotatable bonds is 7. The summed E-state index contributed by atoms with van der Waals surface area (Å²) in [6.07, 6.45) is 4.56. The molecule has 1 aliphatic carbocycles. The number of anilines is 1. The van der Waals surface area contributed by atoms with Gasteiger partial charge in [0.25, 0.3) is 5.91 Å². The number of hydrogen-bond acceptors (Lipinski definition) is 6. The monoisotopic (exact) mass is 407 g/mol. The summed E-state index contributed by atoms with van der Waals surface area (Å²) in [6.45, 7) is 0. The molecule has 0 bridgehead atoms. The summed E-state index contributed by atoms with van der Waals surface area (Å²) in [4.78, 5) is 24.7. The maximum absolute atomic E-state index is 12.5. The first-order chi connectivity index (χ1) is 14.2. The van der Waals surface area contributed by atoms with Crippen LogP contribution in [0.25, 0.3) is 0 Å². The van der Waals surface area contributed by atoms with E-state index in [2.05, 4.69) is 20.8 Å². The highest BCUT2D eigenvalue weighted by molar-refractivity contribution is 7.99. The van der Waals surface area contributed by atoms with Crippen molar-refractivity contribution in [2.75, 3.05) is 11.1 Å². The van der Waals surface area contributed by atoms with E-state index in [0.717, 1.165) is 12.8 Å². The topological polar surface area (TPSA) is 89.8 Å². The van der Waals surface area contributed by atoms with Crippen LogP contribution in [0.1, 0.15) is 52.4 Å². The first-order valence-corrected chi connectivity index (χ1v) is 10.6. The van der Waals surface area contributed by atoms with Crippen molar-refractivity contribution in [2.24, 2.45) is 0 Å². The third kappa shape index (κ3) is 4.71. The number of thioether (sulfide) groups is 1. The highest BCUT2D eigenvalue weighted by atomic mass is 32.2. The Kier molecular flexibility index (Phi) is 6.00. The fourth-order valence-corrected chi connectivity index (χ4v) is 4.24. The number of carbonyl (C=O) groups is 2. The molecular formula is C21H21N5O2S. The van der Waals surface area contributed by atoms with Crippen LogP contribution < -0.4 is 5.32 Å². The average molecular weight is 407 g/mol. The lowest BCUT2D eigenvalue weighted by Crippen LogP contribution is -2.12. The predicted octanol–water partition coefficient (Wildman–Crippen LogP) is 4.02. The molecule has 0 aliphatic heterocycles. The number of nitrogens with zero attached hydrogens (tertiary/aromatic N) is 4. The van der Waals surface area contributed by atoms with Gasteiger partial charge >= 0.3 is 0 Å². The van der Waals surface area contributed by atoms with Crippen molar-refractivity contribution < 1.29 is 9.59 Å². The molecule has 3 aromatic rings. The Morgan fingerprint density at radius 3 is 2.45 bits per heavy atom. The molecule has 1 amide bonds. The van der Waals surface area contributed by atoms with E-state index >= 15 is 0 Å². The molecule has 1 aromatic heterocycles. The molecular weight excluding hydrogens is 386 g/mol. The Labute approximate surface area is 172 Å². The number of aromatic nitrogens is 4. The molecule has 1 heterocycles. The van der Waals surface area contributed by atoms with Crippen LogP contribution in [0, 0.1) is 0 Å². The van der Waals surface area contributed by atoms with Gasteiger partial charge in [0.2, 0.25) is 5.16 Å². The standard InChI is InChI=1S/C21H21N5O2S/c27-19(14-29-21-23-24-25-26(21)18-8-4-5-9-18)15-10-12-17(13-11-15)22-20(28)16-6-2-1-3-7-16/h1-3,6-7,10-13,18H,4-5,8-9,14H2,(H,22,28). The van der Waals surface area contributed by atoms with Gasteiger partial charge in [0.15, 0.2) is 5.78 Å². The molecule has 1 N–H and O–H groups in total. The second kappa shape index (κ2) is 9.00. The predicted molar refractivity (Wildman–Crippen MR) is 111 cm³/mol. The summed E-state index contributed by atoms with van der Waals surface area (Å²) >= 11 is 1.36. The summed E-state index contributed by atoms with van der Waals surface area (Å²) in [5, 5.41) is 15.5. The van der Waals surface area contributed by atoms with E-state index in [1.807, 2.05) is 22.9 Å². The van der Waals surface area contributed by atoms with Crippen molar-refractivity contribution in [3.05, 3.63) is 65.7 Å². The normalized spacial score (nSPS) is 14.1. The highest BCUT2D eigenvalue weighted by Crippen LogP contribution is 2.31. The van der Waals surface area contributed by atoms with Crippen molar-refractivity contribution in [3.8, 4) is 0 Å². The van der Waals surface area contributed by atoms with Crippen molar-refractivity contribution in [1.82, 2.24) is 20.2 Å². The van der Waals surface area contributed by atoms with Gasteiger partial charge in [-0.2, -0.15) is 0 Å². The number of ketones is 1. The fraction of sp³-hybridized carbons (Fsp3) is 0.286. The molecule has 7 nitrogen and oxygen atoms in total. The maximum atomic E-state index is 12.5. The number of benzene rings is 2. The zero-order valence-electron chi connectivity index (χ0n) is 15.8. The van der Waals surface area contributed by atoms with Gasteiger partial charge in [0.1, 0.15) is 0 Å². The molecule has 1 aliphatic rings. The average Bonchev–Trinajstić information content (AvgIpc) is 3.44. The molecule has 148 valence electrons. The molecule has 29 heavy (non-hydrogen) atoms. The van der Waals surface area contributed by atoms with E-state index in [1.165, 1.54) is 24.6 Å². The van der Waals surface area contributed by atoms with Crippen molar-refractivity contribution in [1.29, 1.82) is 0 Å². The second-order valence-electron chi connectivity index (χ2n) is 6.95. The first kappa shape index (κ1) is 19.3. The Morgan fingerprint density at radius 2 is 1.72 bits per heavy atom. The van der Waals surface area contributed by atoms with Crippen LogP contribution >= 0.6 is 11.8 Å². The molecule has 0 spiro atoms. The molecule has 0 saturated heterocycles. The lowest BCUT2D eigenvalue weighted by Gasteiger charge is -2.10. The summed E-state index contributed by atoms with van der Waals surface area (Å²) in [5.41, 5.74) is 1.83. The van der Waals surface area contributed by atoms with Gasteiger partial charge in [0.05, 0.1) is 11.8 Å². The zero-order valence-corrected chi connectivity index (χ0v) is 16.6. The molecule has 4 rings (SSSR count). The number of amides is 1. The minimum absolute atomic E-state index is 0.00286. The Hall–Kier alpha value is -3.00. The minimum Gasteiger partial charge on any atom is -0.322 e. The molecule has 8 heteroatoms. The smallest absolute Gasteiger partial charge is 0.255 e. The van der Waals surface area contributed by atoms with Crippen LogP contribution in [-0.2, 0) is 0 Å². The van der Waals surface area contributed by atoms with E-state index < -0.39 is 0 Å². The first-order valence-electron chi connectivity index (χ1n) is 9.61. The van der Waals surface area contributed by atoms with Crippen LogP contribution in [0.4, 0.5) is 5.69 Å².